The number of sulfonamides is 1. The first kappa shape index (κ1) is 13.1. The van der Waals surface area contributed by atoms with E-state index < -0.39 is 10.0 Å². The van der Waals surface area contributed by atoms with Gasteiger partial charge < -0.3 is 5.73 Å². The van der Waals surface area contributed by atoms with Crippen molar-refractivity contribution in [3.63, 3.8) is 0 Å². The summed E-state index contributed by atoms with van der Waals surface area (Å²) in [5.41, 5.74) is 6.11. The molecule has 3 saturated carbocycles. The first-order chi connectivity index (χ1) is 9.47. The van der Waals surface area contributed by atoms with Crippen molar-refractivity contribution < 1.29 is 8.42 Å². The molecular formula is C14H17BrN2O2S. The summed E-state index contributed by atoms with van der Waals surface area (Å²) in [7, 11) is -3.52. The maximum absolute atomic E-state index is 12.5. The lowest BCUT2D eigenvalue weighted by molar-refractivity contribution is 0.456. The van der Waals surface area contributed by atoms with Gasteiger partial charge in [-0.2, -0.15) is 0 Å². The number of halogens is 1. The van der Waals surface area contributed by atoms with Crippen molar-refractivity contribution in [3.05, 3.63) is 22.7 Å². The van der Waals surface area contributed by atoms with Crippen LogP contribution in [0.1, 0.15) is 19.3 Å². The van der Waals surface area contributed by atoms with Crippen LogP contribution in [0.15, 0.2) is 27.6 Å². The van der Waals surface area contributed by atoms with Crippen molar-refractivity contribution >= 4 is 31.6 Å². The molecule has 4 nitrogen and oxygen atoms in total. The molecule has 0 amide bonds. The Morgan fingerprint density at radius 3 is 2.50 bits per heavy atom. The SMILES string of the molecule is Nc1ccc(Br)cc1S(=O)(=O)NC1C2C3CCC(C3)C12. The molecule has 6 heteroatoms. The molecule has 0 aromatic heterocycles. The zero-order valence-corrected chi connectivity index (χ0v) is 13.3. The van der Waals surface area contributed by atoms with Crippen LogP contribution in [-0.4, -0.2) is 14.5 Å². The van der Waals surface area contributed by atoms with Crippen molar-refractivity contribution in [3.8, 4) is 0 Å². The fourth-order valence-electron chi connectivity index (χ4n) is 4.47. The Morgan fingerprint density at radius 1 is 1.20 bits per heavy atom. The van der Waals surface area contributed by atoms with Crippen molar-refractivity contribution in [2.45, 2.75) is 30.2 Å². The molecule has 2 bridgehead atoms. The summed E-state index contributed by atoms with van der Waals surface area (Å²) in [4.78, 5) is 0.184. The van der Waals surface area contributed by atoms with Gasteiger partial charge >= 0.3 is 0 Å². The fourth-order valence-corrected chi connectivity index (χ4v) is 6.44. The molecule has 1 aromatic carbocycles. The molecule has 0 spiro atoms. The minimum atomic E-state index is -3.52. The van der Waals surface area contributed by atoms with E-state index in [1.54, 1.807) is 18.2 Å². The third-order valence-electron chi connectivity index (χ3n) is 5.29. The van der Waals surface area contributed by atoms with E-state index >= 15 is 0 Å². The zero-order chi connectivity index (χ0) is 14.1. The maximum atomic E-state index is 12.5. The first-order valence-corrected chi connectivity index (χ1v) is 9.32. The van der Waals surface area contributed by atoms with Crippen LogP contribution in [0, 0.1) is 23.7 Å². The summed E-state index contributed by atoms with van der Waals surface area (Å²) in [6, 6.07) is 5.09. The first-order valence-electron chi connectivity index (χ1n) is 7.05. The van der Waals surface area contributed by atoms with Crippen molar-refractivity contribution in [1.29, 1.82) is 0 Å². The summed E-state index contributed by atoms with van der Waals surface area (Å²) in [5.74, 6) is 2.66. The van der Waals surface area contributed by atoms with Crippen LogP contribution in [0.2, 0.25) is 0 Å². The maximum Gasteiger partial charge on any atom is 0.242 e. The second-order valence-corrected chi connectivity index (χ2v) is 8.92. The molecule has 4 atom stereocenters. The Kier molecular flexibility index (Phi) is 2.76. The number of nitrogens with one attached hydrogen (secondary N) is 1. The standard InChI is InChI=1S/C14H17BrN2O2S/c15-9-3-4-10(16)11(6-9)20(18,19)17-14-12-7-1-2-8(5-7)13(12)14/h3-4,6-8,12-14,17H,1-2,5,16H2. The normalized spacial score (nSPS) is 38.0. The lowest BCUT2D eigenvalue weighted by Crippen LogP contribution is -2.30. The predicted molar refractivity (Wildman–Crippen MR) is 80.5 cm³/mol. The highest BCUT2D eigenvalue weighted by Crippen LogP contribution is 2.65. The second kappa shape index (κ2) is 4.21. The smallest absolute Gasteiger partial charge is 0.242 e. The highest BCUT2D eigenvalue weighted by atomic mass is 79.9. The summed E-state index contributed by atoms with van der Waals surface area (Å²) in [6.45, 7) is 0. The van der Waals surface area contributed by atoms with Crippen molar-refractivity contribution in [2.75, 3.05) is 5.73 Å². The molecule has 108 valence electrons. The average Bonchev–Trinajstić information content (AvgIpc) is 2.81. The van der Waals surface area contributed by atoms with Crippen LogP contribution in [0.25, 0.3) is 0 Å². The van der Waals surface area contributed by atoms with Crippen molar-refractivity contribution in [1.82, 2.24) is 4.72 Å². The van der Waals surface area contributed by atoms with E-state index in [0.717, 1.165) is 16.3 Å². The van der Waals surface area contributed by atoms with Gasteiger partial charge in [0.15, 0.2) is 0 Å². The van der Waals surface area contributed by atoms with Crippen LogP contribution < -0.4 is 10.5 Å². The number of nitrogens with two attached hydrogens (primary N) is 1. The van der Waals surface area contributed by atoms with E-state index in [1.165, 1.54) is 19.3 Å². The van der Waals surface area contributed by atoms with Crippen LogP contribution >= 0.6 is 15.9 Å². The van der Waals surface area contributed by atoms with Crippen LogP contribution in [0.5, 0.6) is 0 Å². The fraction of sp³-hybridized carbons (Fsp3) is 0.571. The van der Waals surface area contributed by atoms with Crippen LogP contribution in [-0.2, 0) is 10.0 Å². The second-order valence-electron chi connectivity index (χ2n) is 6.32. The third kappa shape index (κ3) is 1.84. The summed E-state index contributed by atoms with van der Waals surface area (Å²) in [5, 5.41) is 0. The van der Waals surface area contributed by atoms with E-state index in [4.69, 9.17) is 5.73 Å². The van der Waals surface area contributed by atoms with Gasteiger partial charge in [0.1, 0.15) is 4.90 Å². The van der Waals surface area contributed by atoms with Gasteiger partial charge in [0.25, 0.3) is 0 Å². The number of anilines is 1. The summed E-state index contributed by atoms with van der Waals surface area (Å²) >= 11 is 3.30. The van der Waals surface area contributed by atoms with Gasteiger partial charge in [-0.3, -0.25) is 0 Å². The number of hydrogen-bond donors (Lipinski definition) is 2. The van der Waals surface area contributed by atoms with E-state index in [9.17, 15) is 8.42 Å². The molecule has 4 rings (SSSR count). The lowest BCUT2D eigenvalue weighted by atomic mass is 10.0. The number of nitrogen functional groups attached to an aromatic ring is 1. The Bertz CT molecular complexity index is 660. The molecule has 1 aromatic rings. The molecule has 3 aliphatic rings. The van der Waals surface area contributed by atoms with E-state index in [2.05, 4.69) is 20.7 Å². The highest BCUT2D eigenvalue weighted by Gasteiger charge is 2.65. The van der Waals surface area contributed by atoms with Gasteiger partial charge in [-0.25, -0.2) is 13.1 Å². The van der Waals surface area contributed by atoms with Gasteiger partial charge in [-0.05, 0) is 61.1 Å². The van der Waals surface area contributed by atoms with E-state index in [-0.39, 0.29) is 10.9 Å². The van der Waals surface area contributed by atoms with Gasteiger partial charge in [-0.1, -0.05) is 15.9 Å². The number of benzene rings is 1. The Balaban J connectivity index is 1.58. The van der Waals surface area contributed by atoms with Crippen LogP contribution in [0.3, 0.4) is 0 Å². The van der Waals surface area contributed by atoms with Crippen LogP contribution in [0.4, 0.5) is 5.69 Å². The van der Waals surface area contributed by atoms with Gasteiger partial charge in [0, 0.05) is 10.5 Å². The zero-order valence-electron chi connectivity index (χ0n) is 10.9. The largest absolute Gasteiger partial charge is 0.398 e. The number of fused-ring (bicyclic) bond motifs is 5. The summed E-state index contributed by atoms with van der Waals surface area (Å²) in [6.07, 6.45) is 3.87. The van der Waals surface area contributed by atoms with E-state index in [1.807, 2.05) is 0 Å². The molecule has 4 unspecified atom stereocenters. The Hall–Kier alpha value is -0.590. The molecule has 3 aliphatic carbocycles. The topological polar surface area (TPSA) is 72.2 Å². The minimum Gasteiger partial charge on any atom is -0.398 e. The average molecular weight is 357 g/mol. The molecule has 0 aliphatic heterocycles. The van der Waals surface area contributed by atoms with Gasteiger partial charge in [0.2, 0.25) is 10.0 Å². The molecule has 20 heavy (non-hydrogen) atoms. The minimum absolute atomic E-state index is 0.143. The van der Waals surface area contributed by atoms with Crippen molar-refractivity contribution in [2.24, 2.45) is 23.7 Å². The number of hydrogen-bond acceptors (Lipinski definition) is 3. The quantitative estimate of drug-likeness (QED) is 0.816. The third-order valence-corrected chi connectivity index (χ3v) is 7.30. The summed E-state index contributed by atoms with van der Waals surface area (Å²) < 4.78 is 28.6. The molecule has 3 fully saturated rings. The predicted octanol–water partition coefficient (Wildman–Crippen LogP) is 2.35. The number of rotatable bonds is 3. The Labute approximate surface area is 127 Å². The van der Waals surface area contributed by atoms with Gasteiger partial charge in [-0.15, -0.1) is 0 Å². The highest BCUT2D eigenvalue weighted by molar-refractivity contribution is 9.10. The monoisotopic (exact) mass is 356 g/mol. The molecular weight excluding hydrogens is 340 g/mol. The lowest BCUT2D eigenvalue weighted by Gasteiger charge is -2.12. The van der Waals surface area contributed by atoms with Gasteiger partial charge in [0.05, 0.1) is 5.69 Å². The molecule has 0 saturated heterocycles. The molecule has 0 radical (unpaired) electrons. The molecule has 0 heterocycles. The molecule has 3 N–H and O–H groups in total. The Morgan fingerprint density at radius 2 is 1.85 bits per heavy atom. The van der Waals surface area contributed by atoms with E-state index in [0.29, 0.717) is 17.5 Å².